The molecular weight excluding hydrogens is 242 g/mol. The molecule has 0 unspecified atom stereocenters. The number of hydrogen-bond acceptors (Lipinski definition) is 4. The van der Waals surface area contributed by atoms with Gasteiger partial charge in [0.05, 0.1) is 0 Å². The molecule has 3 rings (SSSR count). The van der Waals surface area contributed by atoms with E-state index in [2.05, 4.69) is 25.5 Å². The Bertz CT molecular complexity index is 561. The molecule has 19 heavy (non-hydrogen) atoms. The maximum Gasteiger partial charge on any atom is 0.223 e. The van der Waals surface area contributed by atoms with Gasteiger partial charge in [0.2, 0.25) is 5.91 Å². The van der Waals surface area contributed by atoms with Crippen molar-refractivity contribution in [3.63, 3.8) is 0 Å². The first-order valence-electron chi connectivity index (χ1n) is 6.42. The molecule has 2 heterocycles. The van der Waals surface area contributed by atoms with Gasteiger partial charge in [-0.05, 0) is 25.0 Å². The van der Waals surface area contributed by atoms with Crippen LogP contribution in [0.5, 0.6) is 0 Å². The van der Waals surface area contributed by atoms with E-state index in [1.807, 2.05) is 12.1 Å². The molecule has 1 aliphatic rings. The summed E-state index contributed by atoms with van der Waals surface area (Å²) in [5, 5.41) is 9.93. The number of rotatable bonds is 5. The van der Waals surface area contributed by atoms with Gasteiger partial charge in [-0.25, -0.2) is 4.98 Å². The van der Waals surface area contributed by atoms with Gasteiger partial charge < -0.3 is 5.32 Å². The predicted octanol–water partition coefficient (Wildman–Crippen LogP) is 0.935. The molecule has 1 amide bonds. The summed E-state index contributed by atoms with van der Waals surface area (Å²) in [5.74, 6) is 1.82. The predicted molar refractivity (Wildman–Crippen MR) is 69.1 cm³/mol. The van der Waals surface area contributed by atoms with E-state index in [1.54, 1.807) is 12.4 Å². The maximum absolute atomic E-state index is 11.5. The van der Waals surface area contributed by atoms with Crippen molar-refractivity contribution >= 4 is 5.91 Å². The fourth-order valence-electron chi connectivity index (χ4n) is 1.83. The average molecular weight is 257 g/mol. The fourth-order valence-corrected chi connectivity index (χ4v) is 1.83. The molecule has 1 saturated carbocycles. The Hall–Kier alpha value is -2.24. The van der Waals surface area contributed by atoms with Crippen LogP contribution >= 0.6 is 0 Å². The summed E-state index contributed by atoms with van der Waals surface area (Å²) in [6.45, 7) is 0.594. The van der Waals surface area contributed by atoms with E-state index in [0.29, 0.717) is 18.8 Å². The first-order chi connectivity index (χ1) is 9.33. The Morgan fingerprint density at radius 3 is 3.11 bits per heavy atom. The lowest BCUT2D eigenvalue weighted by Gasteiger charge is -2.01. The summed E-state index contributed by atoms with van der Waals surface area (Å²) < 4.78 is 0. The lowest BCUT2D eigenvalue weighted by atomic mass is 10.3. The number of carbonyl (C=O) groups excluding carboxylic acids is 1. The minimum absolute atomic E-state index is 0.159. The van der Waals surface area contributed by atoms with E-state index in [4.69, 9.17) is 0 Å². The largest absolute Gasteiger partial charge is 0.355 e. The van der Waals surface area contributed by atoms with Gasteiger partial charge >= 0.3 is 0 Å². The molecule has 0 radical (unpaired) electrons. The third kappa shape index (κ3) is 2.96. The molecular formula is C13H15N5O. The highest BCUT2D eigenvalue weighted by Gasteiger charge is 2.29. The van der Waals surface area contributed by atoms with Crippen LogP contribution in [-0.4, -0.2) is 32.6 Å². The molecule has 2 N–H and O–H groups in total. The number of amides is 1. The van der Waals surface area contributed by atoms with E-state index in [0.717, 1.165) is 24.2 Å². The van der Waals surface area contributed by atoms with Gasteiger partial charge in [0.15, 0.2) is 5.82 Å². The van der Waals surface area contributed by atoms with Crippen molar-refractivity contribution in [2.24, 2.45) is 5.92 Å². The van der Waals surface area contributed by atoms with E-state index < -0.39 is 0 Å². The number of aromatic amines is 1. The smallest absolute Gasteiger partial charge is 0.223 e. The third-order valence-corrected chi connectivity index (χ3v) is 3.06. The highest BCUT2D eigenvalue weighted by Crippen LogP contribution is 2.28. The molecule has 0 aliphatic heterocycles. The monoisotopic (exact) mass is 257 g/mol. The van der Waals surface area contributed by atoms with Gasteiger partial charge in [-0.1, -0.05) is 0 Å². The minimum atomic E-state index is 0.159. The van der Waals surface area contributed by atoms with E-state index in [1.165, 1.54) is 0 Å². The van der Waals surface area contributed by atoms with Crippen molar-refractivity contribution in [1.82, 2.24) is 25.5 Å². The molecule has 0 bridgehead atoms. The highest BCUT2D eigenvalue weighted by molar-refractivity contribution is 5.80. The lowest BCUT2D eigenvalue weighted by molar-refractivity contribution is -0.122. The van der Waals surface area contributed by atoms with Crippen LogP contribution in [0.15, 0.2) is 24.5 Å². The van der Waals surface area contributed by atoms with Crippen molar-refractivity contribution in [1.29, 1.82) is 0 Å². The Labute approximate surface area is 110 Å². The lowest BCUT2D eigenvalue weighted by Crippen LogP contribution is -2.27. The molecule has 0 atom stereocenters. The minimum Gasteiger partial charge on any atom is -0.355 e. The van der Waals surface area contributed by atoms with E-state index >= 15 is 0 Å². The van der Waals surface area contributed by atoms with E-state index in [-0.39, 0.29) is 11.8 Å². The zero-order chi connectivity index (χ0) is 13.1. The normalized spacial score (nSPS) is 14.3. The van der Waals surface area contributed by atoms with Crippen LogP contribution in [0, 0.1) is 5.92 Å². The summed E-state index contributed by atoms with van der Waals surface area (Å²) in [5.41, 5.74) is 0.881. The van der Waals surface area contributed by atoms with Crippen LogP contribution < -0.4 is 5.32 Å². The van der Waals surface area contributed by atoms with Crippen LogP contribution in [0.4, 0.5) is 0 Å². The molecule has 6 nitrogen and oxygen atoms in total. The van der Waals surface area contributed by atoms with Gasteiger partial charge in [-0.3, -0.25) is 14.9 Å². The van der Waals surface area contributed by atoms with Gasteiger partial charge in [0.1, 0.15) is 5.82 Å². The summed E-state index contributed by atoms with van der Waals surface area (Å²) in [6, 6.07) is 3.76. The summed E-state index contributed by atoms with van der Waals surface area (Å²) in [6.07, 6.45) is 6.15. The van der Waals surface area contributed by atoms with Crippen molar-refractivity contribution < 1.29 is 4.79 Å². The zero-order valence-corrected chi connectivity index (χ0v) is 10.5. The second kappa shape index (κ2) is 5.17. The average Bonchev–Trinajstić information content (AvgIpc) is 3.20. The molecule has 0 spiro atoms. The molecule has 2 aromatic rings. The van der Waals surface area contributed by atoms with Crippen molar-refractivity contribution in [2.75, 3.05) is 6.54 Å². The molecule has 0 aromatic carbocycles. The Morgan fingerprint density at radius 1 is 1.47 bits per heavy atom. The second-order valence-electron chi connectivity index (χ2n) is 4.66. The standard InChI is InChI=1S/C13H15N5O/c19-13(9-3-4-9)15-7-5-11-16-12(18-17-11)10-2-1-6-14-8-10/h1-2,6,8-9H,3-5,7H2,(H,15,19)(H,16,17,18). The van der Waals surface area contributed by atoms with Crippen LogP contribution in [-0.2, 0) is 11.2 Å². The number of pyridine rings is 1. The van der Waals surface area contributed by atoms with E-state index in [9.17, 15) is 4.79 Å². The number of nitrogens with zero attached hydrogens (tertiary/aromatic N) is 3. The topological polar surface area (TPSA) is 83.6 Å². The third-order valence-electron chi connectivity index (χ3n) is 3.06. The number of hydrogen-bond donors (Lipinski definition) is 2. The molecule has 1 aliphatic carbocycles. The molecule has 6 heteroatoms. The molecule has 98 valence electrons. The SMILES string of the molecule is O=C(NCCc1nc(-c2cccnc2)n[nH]1)C1CC1. The number of carbonyl (C=O) groups is 1. The molecule has 1 fully saturated rings. The van der Waals surface area contributed by atoms with Crippen LogP contribution in [0.1, 0.15) is 18.7 Å². The van der Waals surface area contributed by atoms with Crippen molar-refractivity contribution in [3.8, 4) is 11.4 Å². The van der Waals surface area contributed by atoms with Crippen LogP contribution in [0.3, 0.4) is 0 Å². The second-order valence-corrected chi connectivity index (χ2v) is 4.66. The quantitative estimate of drug-likeness (QED) is 0.834. The van der Waals surface area contributed by atoms with Crippen LogP contribution in [0.2, 0.25) is 0 Å². The first-order valence-corrected chi connectivity index (χ1v) is 6.42. The Morgan fingerprint density at radius 2 is 2.37 bits per heavy atom. The summed E-state index contributed by atoms with van der Waals surface area (Å²) in [7, 11) is 0. The van der Waals surface area contributed by atoms with Crippen molar-refractivity contribution in [3.05, 3.63) is 30.4 Å². The zero-order valence-electron chi connectivity index (χ0n) is 10.5. The van der Waals surface area contributed by atoms with Gasteiger partial charge in [-0.2, -0.15) is 5.10 Å². The number of aromatic nitrogens is 4. The fraction of sp³-hybridized carbons (Fsp3) is 0.385. The number of H-pyrrole nitrogens is 1. The highest BCUT2D eigenvalue weighted by atomic mass is 16.2. The Balaban J connectivity index is 1.54. The Kier molecular flexibility index (Phi) is 3.22. The van der Waals surface area contributed by atoms with Crippen LogP contribution in [0.25, 0.3) is 11.4 Å². The summed E-state index contributed by atoms with van der Waals surface area (Å²) >= 11 is 0. The molecule has 0 saturated heterocycles. The van der Waals surface area contributed by atoms with Crippen molar-refractivity contribution in [2.45, 2.75) is 19.3 Å². The number of nitrogens with one attached hydrogen (secondary N) is 2. The maximum atomic E-state index is 11.5. The van der Waals surface area contributed by atoms with Gasteiger partial charge in [0.25, 0.3) is 0 Å². The van der Waals surface area contributed by atoms with Gasteiger partial charge in [-0.15, -0.1) is 0 Å². The van der Waals surface area contributed by atoms with Gasteiger partial charge in [0, 0.05) is 36.8 Å². The first kappa shape index (κ1) is 11.8. The summed E-state index contributed by atoms with van der Waals surface area (Å²) in [4.78, 5) is 19.9. The molecule has 2 aromatic heterocycles.